The molecule has 0 aliphatic rings. The van der Waals surface area contributed by atoms with E-state index in [-0.39, 0.29) is 17.7 Å². The molecule has 2 aromatic carbocycles. The number of hydrogen-bond donors (Lipinski definition) is 2. The van der Waals surface area contributed by atoms with Crippen LogP contribution in [0.3, 0.4) is 0 Å². The Kier molecular flexibility index (Phi) is 5.28. The fourth-order valence-corrected chi connectivity index (χ4v) is 2.39. The quantitative estimate of drug-likeness (QED) is 0.887. The SMILES string of the molecule is COc1ccc([C@H](N)[C@H](O)Cc2ccccc2)c(C(F)(F)F)c1. The van der Waals surface area contributed by atoms with Gasteiger partial charge < -0.3 is 15.6 Å². The van der Waals surface area contributed by atoms with E-state index in [1.54, 1.807) is 24.3 Å². The van der Waals surface area contributed by atoms with Crippen molar-refractivity contribution in [1.82, 2.24) is 0 Å². The molecule has 0 unspecified atom stereocenters. The van der Waals surface area contributed by atoms with Crippen LogP contribution in [0.4, 0.5) is 13.2 Å². The highest BCUT2D eigenvalue weighted by molar-refractivity contribution is 5.40. The Bertz CT molecular complexity index is 644. The van der Waals surface area contributed by atoms with Crippen molar-refractivity contribution >= 4 is 0 Å². The van der Waals surface area contributed by atoms with Gasteiger partial charge in [-0.3, -0.25) is 0 Å². The molecular formula is C17H18F3NO2. The van der Waals surface area contributed by atoms with E-state index in [0.29, 0.717) is 0 Å². The molecular weight excluding hydrogens is 307 g/mol. The number of nitrogens with two attached hydrogens (primary N) is 1. The number of hydrogen-bond acceptors (Lipinski definition) is 3. The lowest BCUT2D eigenvalue weighted by atomic mass is 9.93. The zero-order valence-corrected chi connectivity index (χ0v) is 12.5. The van der Waals surface area contributed by atoms with E-state index >= 15 is 0 Å². The molecule has 3 N–H and O–H groups in total. The Morgan fingerprint density at radius 3 is 2.35 bits per heavy atom. The van der Waals surface area contributed by atoms with E-state index in [1.807, 2.05) is 6.07 Å². The molecule has 0 bridgehead atoms. The van der Waals surface area contributed by atoms with Gasteiger partial charge in [0.15, 0.2) is 0 Å². The highest BCUT2D eigenvalue weighted by Crippen LogP contribution is 2.37. The summed E-state index contributed by atoms with van der Waals surface area (Å²) in [4.78, 5) is 0. The van der Waals surface area contributed by atoms with E-state index in [1.165, 1.54) is 19.2 Å². The molecule has 2 atom stereocenters. The first kappa shape index (κ1) is 17.3. The molecule has 0 saturated heterocycles. The lowest BCUT2D eigenvalue weighted by Gasteiger charge is -2.23. The predicted molar refractivity (Wildman–Crippen MR) is 81.1 cm³/mol. The third kappa shape index (κ3) is 4.24. The lowest BCUT2D eigenvalue weighted by molar-refractivity contribution is -0.138. The summed E-state index contributed by atoms with van der Waals surface area (Å²) < 4.78 is 44.5. The Balaban J connectivity index is 2.29. The predicted octanol–water partition coefficient (Wildman–Crippen LogP) is 3.32. The van der Waals surface area contributed by atoms with Crippen molar-refractivity contribution in [3.63, 3.8) is 0 Å². The van der Waals surface area contributed by atoms with E-state index in [9.17, 15) is 18.3 Å². The largest absolute Gasteiger partial charge is 0.497 e. The van der Waals surface area contributed by atoms with Gasteiger partial charge in [-0.15, -0.1) is 0 Å². The van der Waals surface area contributed by atoms with Crippen LogP contribution in [-0.2, 0) is 12.6 Å². The van der Waals surface area contributed by atoms with Crippen LogP contribution in [0.5, 0.6) is 5.75 Å². The highest BCUT2D eigenvalue weighted by Gasteiger charge is 2.36. The second kappa shape index (κ2) is 7.02. The number of rotatable bonds is 5. The number of alkyl halides is 3. The summed E-state index contributed by atoms with van der Waals surface area (Å²) in [6, 6.07) is 11.4. The second-order valence-electron chi connectivity index (χ2n) is 5.23. The number of aliphatic hydroxyl groups excluding tert-OH is 1. The average Bonchev–Trinajstić information content (AvgIpc) is 2.53. The van der Waals surface area contributed by atoms with Gasteiger partial charge in [0, 0.05) is 6.42 Å². The van der Waals surface area contributed by atoms with Crippen LogP contribution in [0.15, 0.2) is 48.5 Å². The molecule has 6 heteroatoms. The third-order valence-electron chi connectivity index (χ3n) is 3.63. The van der Waals surface area contributed by atoms with Crippen LogP contribution in [0.25, 0.3) is 0 Å². The minimum atomic E-state index is -4.58. The van der Waals surface area contributed by atoms with Gasteiger partial charge in [0.1, 0.15) is 5.75 Å². The fourth-order valence-electron chi connectivity index (χ4n) is 2.39. The van der Waals surface area contributed by atoms with Gasteiger partial charge in [-0.25, -0.2) is 0 Å². The third-order valence-corrected chi connectivity index (χ3v) is 3.63. The molecule has 2 rings (SSSR count). The summed E-state index contributed by atoms with van der Waals surface area (Å²) in [5, 5.41) is 10.2. The first-order valence-electron chi connectivity index (χ1n) is 7.05. The van der Waals surface area contributed by atoms with Gasteiger partial charge in [-0.1, -0.05) is 36.4 Å². The Labute approximate surface area is 132 Å². The average molecular weight is 325 g/mol. The van der Waals surface area contributed by atoms with Crippen LogP contribution in [0.2, 0.25) is 0 Å². The first-order chi connectivity index (χ1) is 10.8. The molecule has 0 spiro atoms. The molecule has 0 aliphatic heterocycles. The molecule has 3 nitrogen and oxygen atoms in total. The number of halogens is 3. The summed E-state index contributed by atoms with van der Waals surface area (Å²) >= 11 is 0. The Morgan fingerprint density at radius 2 is 1.78 bits per heavy atom. The summed E-state index contributed by atoms with van der Waals surface area (Å²) in [6.07, 6.45) is -5.54. The van der Waals surface area contributed by atoms with Crippen LogP contribution < -0.4 is 10.5 Å². The lowest BCUT2D eigenvalue weighted by Crippen LogP contribution is -2.30. The van der Waals surface area contributed by atoms with Crippen LogP contribution >= 0.6 is 0 Å². The number of aliphatic hydroxyl groups is 1. The van der Waals surface area contributed by atoms with E-state index < -0.39 is 23.9 Å². The fraction of sp³-hybridized carbons (Fsp3) is 0.294. The second-order valence-corrected chi connectivity index (χ2v) is 5.23. The van der Waals surface area contributed by atoms with Crippen LogP contribution in [0, 0.1) is 0 Å². The molecule has 0 aliphatic carbocycles. The molecule has 0 amide bonds. The zero-order valence-electron chi connectivity index (χ0n) is 12.5. The molecule has 23 heavy (non-hydrogen) atoms. The minimum Gasteiger partial charge on any atom is -0.497 e. The number of benzene rings is 2. The van der Waals surface area contributed by atoms with Crippen molar-refractivity contribution in [2.24, 2.45) is 5.73 Å². The van der Waals surface area contributed by atoms with Crippen molar-refractivity contribution in [2.75, 3.05) is 7.11 Å². The van der Waals surface area contributed by atoms with Gasteiger partial charge in [0.2, 0.25) is 0 Å². The number of methoxy groups -OCH3 is 1. The maximum absolute atomic E-state index is 13.2. The molecule has 0 fully saturated rings. The van der Waals surface area contributed by atoms with Gasteiger partial charge in [0.05, 0.1) is 24.8 Å². The Morgan fingerprint density at radius 1 is 1.13 bits per heavy atom. The summed E-state index contributed by atoms with van der Waals surface area (Å²) in [7, 11) is 1.29. The summed E-state index contributed by atoms with van der Waals surface area (Å²) in [5.74, 6) is 0.0887. The zero-order chi connectivity index (χ0) is 17.0. The summed E-state index contributed by atoms with van der Waals surface area (Å²) in [5.41, 5.74) is 5.64. The molecule has 0 heterocycles. The van der Waals surface area contributed by atoms with E-state index in [2.05, 4.69) is 0 Å². The standard InChI is InChI=1S/C17H18F3NO2/c1-23-12-7-8-13(14(10-12)17(18,19)20)16(21)15(22)9-11-5-3-2-4-6-11/h2-8,10,15-16,22H,9,21H2,1H3/t15-,16+/m1/s1. The van der Waals surface area contributed by atoms with Gasteiger partial charge >= 0.3 is 6.18 Å². The van der Waals surface area contributed by atoms with Crippen LogP contribution in [0.1, 0.15) is 22.7 Å². The van der Waals surface area contributed by atoms with Gasteiger partial charge in [-0.2, -0.15) is 13.2 Å². The molecule has 0 saturated carbocycles. The maximum Gasteiger partial charge on any atom is 0.416 e. The molecule has 2 aromatic rings. The van der Waals surface area contributed by atoms with E-state index in [0.717, 1.165) is 11.6 Å². The van der Waals surface area contributed by atoms with Crippen molar-refractivity contribution < 1.29 is 23.0 Å². The molecule has 124 valence electrons. The van der Waals surface area contributed by atoms with Crippen molar-refractivity contribution in [3.05, 3.63) is 65.2 Å². The van der Waals surface area contributed by atoms with Crippen molar-refractivity contribution in [2.45, 2.75) is 24.7 Å². The highest BCUT2D eigenvalue weighted by atomic mass is 19.4. The monoisotopic (exact) mass is 325 g/mol. The van der Waals surface area contributed by atoms with E-state index in [4.69, 9.17) is 10.5 Å². The van der Waals surface area contributed by atoms with Crippen molar-refractivity contribution in [1.29, 1.82) is 0 Å². The number of ether oxygens (including phenoxy) is 1. The molecule has 0 radical (unpaired) electrons. The smallest absolute Gasteiger partial charge is 0.416 e. The normalized spacial score (nSPS) is 14.3. The van der Waals surface area contributed by atoms with Gasteiger partial charge in [0.25, 0.3) is 0 Å². The Hall–Kier alpha value is -2.05. The maximum atomic E-state index is 13.2. The topological polar surface area (TPSA) is 55.5 Å². The van der Waals surface area contributed by atoms with Gasteiger partial charge in [-0.05, 0) is 23.3 Å². The minimum absolute atomic E-state index is 0.0887. The first-order valence-corrected chi connectivity index (χ1v) is 7.05. The van der Waals surface area contributed by atoms with Crippen LogP contribution in [-0.4, -0.2) is 18.3 Å². The molecule has 0 aromatic heterocycles. The van der Waals surface area contributed by atoms with Crippen molar-refractivity contribution in [3.8, 4) is 5.75 Å². The summed E-state index contributed by atoms with van der Waals surface area (Å²) in [6.45, 7) is 0.